The Hall–Kier alpha value is -1.35. The molecule has 20 heavy (non-hydrogen) atoms. The lowest BCUT2D eigenvalue weighted by Gasteiger charge is -2.37. The van der Waals surface area contributed by atoms with Gasteiger partial charge in [-0.25, -0.2) is 0 Å². The molecule has 2 rings (SSSR count). The molecule has 1 aromatic carbocycles. The first-order valence-electron chi connectivity index (χ1n) is 7.65. The summed E-state index contributed by atoms with van der Waals surface area (Å²) in [6, 6.07) is 8.40. The molecule has 1 unspecified atom stereocenters. The highest BCUT2D eigenvalue weighted by Crippen LogP contribution is 2.22. The summed E-state index contributed by atoms with van der Waals surface area (Å²) < 4.78 is 0. The van der Waals surface area contributed by atoms with Crippen LogP contribution in [-0.4, -0.2) is 29.4 Å². The van der Waals surface area contributed by atoms with Crippen LogP contribution in [0.15, 0.2) is 24.3 Å². The predicted molar refractivity (Wildman–Crippen MR) is 82.5 cm³/mol. The quantitative estimate of drug-likeness (QED) is 0.915. The SMILES string of the molecule is CCN(Cc1cccc(C)c1)C(=O)C1(C)CCCCN1. The van der Waals surface area contributed by atoms with Crippen molar-refractivity contribution in [3.63, 3.8) is 0 Å². The summed E-state index contributed by atoms with van der Waals surface area (Å²) >= 11 is 0. The zero-order chi connectivity index (χ0) is 14.6. The largest absolute Gasteiger partial charge is 0.337 e. The third-order valence-electron chi connectivity index (χ3n) is 4.22. The molecule has 1 aromatic rings. The Morgan fingerprint density at radius 1 is 1.40 bits per heavy atom. The van der Waals surface area contributed by atoms with Crippen molar-refractivity contribution in [1.29, 1.82) is 0 Å². The minimum Gasteiger partial charge on any atom is -0.337 e. The number of benzene rings is 1. The maximum Gasteiger partial charge on any atom is 0.242 e. The van der Waals surface area contributed by atoms with Gasteiger partial charge < -0.3 is 10.2 Å². The second-order valence-electron chi connectivity index (χ2n) is 6.02. The number of carbonyl (C=O) groups is 1. The van der Waals surface area contributed by atoms with Gasteiger partial charge in [0.2, 0.25) is 5.91 Å². The fourth-order valence-electron chi connectivity index (χ4n) is 2.95. The highest BCUT2D eigenvalue weighted by molar-refractivity contribution is 5.86. The van der Waals surface area contributed by atoms with Gasteiger partial charge in [-0.05, 0) is 52.1 Å². The van der Waals surface area contributed by atoms with E-state index in [9.17, 15) is 4.79 Å². The Balaban J connectivity index is 2.09. The van der Waals surface area contributed by atoms with Crippen LogP contribution in [0.25, 0.3) is 0 Å². The van der Waals surface area contributed by atoms with Crippen molar-refractivity contribution in [3.8, 4) is 0 Å². The topological polar surface area (TPSA) is 32.3 Å². The van der Waals surface area contributed by atoms with Gasteiger partial charge in [0.1, 0.15) is 0 Å². The van der Waals surface area contributed by atoms with E-state index in [-0.39, 0.29) is 11.4 Å². The van der Waals surface area contributed by atoms with Crippen molar-refractivity contribution in [2.45, 2.75) is 52.1 Å². The fraction of sp³-hybridized carbons (Fsp3) is 0.588. The van der Waals surface area contributed by atoms with Crippen LogP contribution in [0.3, 0.4) is 0 Å². The van der Waals surface area contributed by atoms with Gasteiger partial charge in [-0.2, -0.15) is 0 Å². The first-order chi connectivity index (χ1) is 9.55. The number of piperidine rings is 1. The molecular formula is C17H26N2O. The molecule has 1 atom stereocenters. The van der Waals surface area contributed by atoms with Crippen molar-refractivity contribution in [2.24, 2.45) is 0 Å². The molecule has 1 N–H and O–H groups in total. The molecule has 0 saturated carbocycles. The van der Waals surface area contributed by atoms with E-state index in [4.69, 9.17) is 0 Å². The van der Waals surface area contributed by atoms with Gasteiger partial charge in [0.05, 0.1) is 5.54 Å². The van der Waals surface area contributed by atoms with Crippen LogP contribution in [0.1, 0.15) is 44.2 Å². The highest BCUT2D eigenvalue weighted by atomic mass is 16.2. The maximum absolute atomic E-state index is 12.8. The zero-order valence-corrected chi connectivity index (χ0v) is 12.9. The molecule has 0 bridgehead atoms. The molecule has 1 aliphatic rings. The van der Waals surface area contributed by atoms with Crippen molar-refractivity contribution < 1.29 is 4.79 Å². The van der Waals surface area contributed by atoms with E-state index >= 15 is 0 Å². The van der Waals surface area contributed by atoms with Crippen LogP contribution >= 0.6 is 0 Å². The molecule has 3 nitrogen and oxygen atoms in total. The highest BCUT2D eigenvalue weighted by Gasteiger charge is 2.36. The predicted octanol–water partition coefficient (Wildman–Crippen LogP) is 2.88. The van der Waals surface area contributed by atoms with E-state index in [0.29, 0.717) is 6.54 Å². The standard InChI is InChI=1S/C17H26N2O/c1-4-19(13-15-9-7-8-14(2)12-15)16(20)17(3)10-5-6-11-18-17/h7-9,12,18H,4-6,10-11,13H2,1-3H3. The van der Waals surface area contributed by atoms with Crippen molar-refractivity contribution >= 4 is 5.91 Å². The summed E-state index contributed by atoms with van der Waals surface area (Å²) in [6.45, 7) is 8.60. The second-order valence-corrected chi connectivity index (χ2v) is 6.02. The maximum atomic E-state index is 12.8. The van der Waals surface area contributed by atoms with Crippen LogP contribution in [-0.2, 0) is 11.3 Å². The van der Waals surface area contributed by atoms with Gasteiger partial charge in [0.25, 0.3) is 0 Å². The minimum absolute atomic E-state index is 0.237. The molecule has 0 radical (unpaired) electrons. The molecule has 0 spiro atoms. The first kappa shape index (κ1) is 15.0. The molecule has 1 heterocycles. The summed E-state index contributed by atoms with van der Waals surface area (Å²) in [5, 5.41) is 3.42. The number of nitrogens with zero attached hydrogens (tertiary/aromatic N) is 1. The molecular weight excluding hydrogens is 248 g/mol. The minimum atomic E-state index is -0.377. The lowest BCUT2D eigenvalue weighted by molar-refractivity contribution is -0.139. The van der Waals surface area contributed by atoms with Crippen LogP contribution in [0.2, 0.25) is 0 Å². The number of likely N-dealkylation sites (N-methyl/N-ethyl adjacent to an activating group) is 1. The van der Waals surface area contributed by atoms with Crippen molar-refractivity contribution in [1.82, 2.24) is 10.2 Å². The Morgan fingerprint density at radius 3 is 2.80 bits per heavy atom. The Labute approximate surface area is 122 Å². The van der Waals surface area contributed by atoms with Gasteiger partial charge in [0, 0.05) is 13.1 Å². The van der Waals surface area contributed by atoms with E-state index in [1.54, 1.807) is 0 Å². The van der Waals surface area contributed by atoms with E-state index in [0.717, 1.165) is 25.9 Å². The fourth-order valence-corrected chi connectivity index (χ4v) is 2.95. The van der Waals surface area contributed by atoms with Crippen LogP contribution in [0.4, 0.5) is 0 Å². The Morgan fingerprint density at radius 2 is 2.20 bits per heavy atom. The number of aryl methyl sites for hydroxylation is 1. The number of carbonyl (C=O) groups excluding carboxylic acids is 1. The summed E-state index contributed by atoms with van der Waals surface area (Å²) in [5.74, 6) is 0.237. The lowest BCUT2D eigenvalue weighted by atomic mass is 9.89. The molecule has 1 aliphatic heterocycles. The average molecular weight is 274 g/mol. The van der Waals surface area contributed by atoms with Gasteiger partial charge in [-0.3, -0.25) is 4.79 Å². The summed E-state index contributed by atoms with van der Waals surface area (Å²) in [4.78, 5) is 14.8. The van der Waals surface area contributed by atoms with E-state index in [1.165, 1.54) is 17.5 Å². The molecule has 0 aromatic heterocycles. The number of nitrogens with one attached hydrogen (secondary N) is 1. The van der Waals surface area contributed by atoms with Crippen LogP contribution < -0.4 is 5.32 Å². The Kier molecular flexibility index (Phi) is 4.81. The number of amides is 1. The lowest BCUT2D eigenvalue weighted by Crippen LogP contribution is -2.57. The van der Waals surface area contributed by atoms with Gasteiger partial charge in [-0.15, -0.1) is 0 Å². The smallest absolute Gasteiger partial charge is 0.242 e. The molecule has 110 valence electrons. The van der Waals surface area contributed by atoms with Crippen LogP contribution in [0, 0.1) is 6.92 Å². The second kappa shape index (κ2) is 6.40. The average Bonchev–Trinajstić information content (AvgIpc) is 2.45. The molecule has 3 heteroatoms. The summed E-state index contributed by atoms with van der Waals surface area (Å²) in [6.07, 6.45) is 3.25. The Bertz CT molecular complexity index is 464. The third kappa shape index (κ3) is 3.40. The number of hydrogen-bond acceptors (Lipinski definition) is 2. The van der Waals surface area contributed by atoms with Gasteiger partial charge in [0.15, 0.2) is 0 Å². The van der Waals surface area contributed by atoms with E-state index in [2.05, 4.69) is 43.4 Å². The van der Waals surface area contributed by atoms with E-state index < -0.39 is 0 Å². The number of hydrogen-bond donors (Lipinski definition) is 1. The molecule has 1 saturated heterocycles. The van der Waals surface area contributed by atoms with Gasteiger partial charge in [-0.1, -0.05) is 29.8 Å². The molecule has 1 amide bonds. The van der Waals surface area contributed by atoms with Crippen molar-refractivity contribution in [3.05, 3.63) is 35.4 Å². The molecule has 0 aliphatic carbocycles. The first-order valence-corrected chi connectivity index (χ1v) is 7.65. The van der Waals surface area contributed by atoms with E-state index in [1.807, 2.05) is 11.8 Å². The summed E-state index contributed by atoms with van der Waals surface area (Å²) in [7, 11) is 0. The van der Waals surface area contributed by atoms with Gasteiger partial charge >= 0.3 is 0 Å². The monoisotopic (exact) mass is 274 g/mol. The third-order valence-corrected chi connectivity index (χ3v) is 4.22. The van der Waals surface area contributed by atoms with Crippen molar-refractivity contribution in [2.75, 3.05) is 13.1 Å². The zero-order valence-electron chi connectivity index (χ0n) is 12.9. The van der Waals surface area contributed by atoms with Crippen LogP contribution in [0.5, 0.6) is 0 Å². The summed E-state index contributed by atoms with van der Waals surface area (Å²) in [5.41, 5.74) is 2.07. The normalized spacial score (nSPS) is 22.6. The molecule has 1 fully saturated rings. The number of rotatable bonds is 4.